The van der Waals surface area contributed by atoms with Crippen LogP contribution in [0.2, 0.25) is 0 Å². The van der Waals surface area contributed by atoms with Crippen molar-refractivity contribution in [2.75, 3.05) is 31.6 Å². The molecule has 0 bridgehead atoms. The second kappa shape index (κ2) is 6.55. The van der Waals surface area contributed by atoms with Crippen molar-refractivity contribution >= 4 is 5.69 Å². The topological polar surface area (TPSA) is 24.5 Å². The number of halogens is 1. The average Bonchev–Trinajstić information content (AvgIpc) is 2.46. The van der Waals surface area contributed by atoms with Gasteiger partial charge in [0.1, 0.15) is 5.82 Å². The summed E-state index contributed by atoms with van der Waals surface area (Å²) < 4.78 is 19.7. The molecule has 0 amide bonds. The zero-order valence-electron chi connectivity index (χ0n) is 12.7. The van der Waals surface area contributed by atoms with E-state index in [1.807, 2.05) is 13.0 Å². The number of benzene rings is 1. The number of ether oxygens (including phenoxy) is 1. The van der Waals surface area contributed by atoms with Gasteiger partial charge in [-0.15, -0.1) is 0 Å². The summed E-state index contributed by atoms with van der Waals surface area (Å²) in [6.45, 7) is 7.34. The molecule has 1 atom stereocenters. The summed E-state index contributed by atoms with van der Waals surface area (Å²) in [5.74, 6) is -0.131. The van der Waals surface area contributed by atoms with Crippen LogP contribution in [0.25, 0.3) is 0 Å². The quantitative estimate of drug-likeness (QED) is 0.897. The highest BCUT2D eigenvalue weighted by atomic mass is 19.1. The van der Waals surface area contributed by atoms with Gasteiger partial charge in [0.15, 0.2) is 0 Å². The van der Waals surface area contributed by atoms with Crippen molar-refractivity contribution in [3.8, 4) is 0 Å². The first-order valence-electron chi connectivity index (χ1n) is 7.38. The molecule has 1 aromatic rings. The van der Waals surface area contributed by atoms with Crippen molar-refractivity contribution in [3.05, 3.63) is 29.6 Å². The predicted octanol–water partition coefficient (Wildman–Crippen LogP) is 2.94. The largest absolute Gasteiger partial charge is 0.377 e. The number of hydrogen-bond acceptors (Lipinski definition) is 3. The molecule has 20 heavy (non-hydrogen) atoms. The summed E-state index contributed by atoms with van der Waals surface area (Å²) in [4.78, 5) is 2.25. The van der Waals surface area contributed by atoms with Crippen molar-refractivity contribution in [2.45, 2.75) is 38.8 Å². The molecule has 0 aliphatic carbocycles. The van der Waals surface area contributed by atoms with Crippen LogP contribution >= 0.6 is 0 Å². The van der Waals surface area contributed by atoms with Crippen LogP contribution in [0.5, 0.6) is 0 Å². The lowest BCUT2D eigenvalue weighted by atomic mass is 9.93. The first-order chi connectivity index (χ1) is 9.59. The summed E-state index contributed by atoms with van der Waals surface area (Å²) in [7, 11) is 1.76. The van der Waals surface area contributed by atoms with Gasteiger partial charge >= 0.3 is 0 Å². The van der Waals surface area contributed by atoms with E-state index < -0.39 is 0 Å². The Kier molecular flexibility index (Phi) is 5.00. The maximum absolute atomic E-state index is 14.1. The molecule has 1 aliphatic heterocycles. The van der Waals surface area contributed by atoms with E-state index in [2.05, 4.69) is 17.1 Å². The Morgan fingerprint density at radius 3 is 2.95 bits per heavy atom. The van der Waals surface area contributed by atoms with Crippen molar-refractivity contribution in [1.29, 1.82) is 0 Å². The van der Waals surface area contributed by atoms with Gasteiger partial charge in [0.25, 0.3) is 0 Å². The summed E-state index contributed by atoms with van der Waals surface area (Å²) in [5.41, 5.74) is 1.61. The van der Waals surface area contributed by atoms with Gasteiger partial charge in [0, 0.05) is 38.0 Å². The van der Waals surface area contributed by atoms with Crippen LogP contribution in [0.15, 0.2) is 18.2 Å². The highest BCUT2D eigenvalue weighted by Gasteiger charge is 2.31. The third kappa shape index (κ3) is 3.30. The Bertz CT molecular complexity index is 452. The molecule has 112 valence electrons. The van der Waals surface area contributed by atoms with E-state index in [1.54, 1.807) is 13.2 Å². The third-order valence-corrected chi connectivity index (χ3v) is 4.14. The van der Waals surface area contributed by atoms with Gasteiger partial charge in [-0.1, -0.05) is 13.0 Å². The SMILES string of the molecule is CCNCc1c(F)cccc1N1CCCC(C)(OC)C1. The van der Waals surface area contributed by atoms with E-state index in [0.717, 1.165) is 43.7 Å². The molecule has 1 saturated heterocycles. The lowest BCUT2D eigenvalue weighted by Gasteiger charge is -2.41. The summed E-state index contributed by atoms with van der Waals surface area (Å²) >= 11 is 0. The Hall–Kier alpha value is -1.13. The van der Waals surface area contributed by atoms with Crippen LogP contribution < -0.4 is 10.2 Å². The molecule has 1 N–H and O–H groups in total. The molecule has 1 fully saturated rings. The minimum Gasteiger partial charge on any atom is -0.377 e. The van der Waals surface area contributed by atoms with E-state index >= 15 is 0 Å². The highest BCUT2D eigenvalue weighted by Crippen LogP contribution is 2.31. The Morgan fingerprint density at radius 2 is 2.25 bits per heavy atom. The zero-order chi connectivity index (χ0) is 14.6. The normalized spacial score (nSPS) is 23.1. The maximum Gasteiger partial charge on any atom is 0.129 e. The second-order valence-electron chi connectivity index (χ2n) is 5.70. The minimum atomic E-state index is -0.139. The standard InChI is InChI=1S/C16H25FN2O/c1-4-18-11-13-14(17)7-5-8-15(13)19-10-6-9-16(2,12-19)20-3/h5,7-8,18H,4,6,9-12H2,1-3H3. The number of nitrogens with zero attached hydrogens (tertiary/aromatic N) is 1. The lowest BCUT2D eigenvalue weighted by molar-refractivity contribution is -0.00470. The molecule has 1 aromatic carbocycles. The molecule has 0 spiro atoms. The van der Waals surface area contributed by atoms with Gasteiger partial charge in [0.2, 0.25) is 0 Å². The van der Waals surface area contributed by atoms with E-state index in [-0.39, 0.29) is 11.4 Å². The fraction of sp³-hybridized carbons (Fsp3) is 0.625. The fourth-order valence-electron chi connectivity index (χ4n) is 2.85. The monoisotopic (exact) mass is 280 g/mol. The molecular formula is C16H25FN2O. The van der Waals surface area contributed by atoms with Crippen LogP contribution in [0.1, 0.15) is 32.3 Å². The Morgan fingerprint density at radius 1 is 1.45 bits per heavy atom. The fourth-order valence-corrected chi connectivity index (χ4v) is 2.85. The third-order valence-electron chi connectivity index (χ3n) is 4.14. The smallest absolute Gasteiger partial charge is 0.129 e. The van der Waals surface area contributed by atoms with Gasteiger partial charge in [-0.3, -0.25) is 0 Å². The summed E-state index contributed by atoms with van der Waals surface area (Å²) in [6, 6.07) is 5.34. The Labute approximate surface area is 121 Å². The summed E-state index contributed by atoms with van der Waals surface area (Å²) in [5, 5.41) is 3.22. The van der Waals surface area contributed by atoms with Crippen LogP contribution in [0, 0.1) is 5.82 Å². The van der Waals surface area contributed by atoms with Gasteiger partial charge in [-0.25, -0.2) is 4.39 Å². The van der Waals surface area contributed by atoms with E-state index in [1.165, 1.54) is 6.07 Å². The zero-order valence-corrected chi connectivity index (χ0v) is 12.7. The first kappa shape index (κ1) is 15.3. The van der Waals surface area contributed by atoms with Crippen LogP contribution in [-0.4, -0.2) is 32.3 Å². The second-order valence-corrected chi connectivity index (χ2v) is 5.70. The van der Waals surface area contributed by atoms with Crippen LogP contribution in [0.4, 0.5) is 10.1 Å². The molecule has 4 heteroatoms. The number of anilines is 1. The van der Waals surface area contributed by atoms with E-state index in [9.17, 15) is 4.39 Å². The number of nitrogens with one attached hydrogen (secondary N) is 1. The van der Waals surface area contributed by atoms with E-state index in [4.69, 9.17) is 4.74 Å². The molecule has 1 unspecified atom stereocenters. The molecule has 0 saturated carbocycles. The average molecular weight is 280 g/mol. The molecule has 1 heterocycles. The van der Waals surface area contributed by atoms with Crippen molar-refractivity contribution < 1.29 is 9.13 Å². The minimum absolute atomic E-state index is 0.131. The molecule has 0 aromatic heterocycles. The predicted molar refractivity (Wildman–Crippen MR) is 80.6 cm³/mol. The van der Waals surface area contributed by atoms with E-state index in [0.29, 0.717) is 6.54 Å². The van der Waals surface area contributed by atoms with Crippen molar-refractivity contribution in [2.24, 2.45) is 0 Å². The Balaban J connectivity index is 2.25. The number of methoxy groups -OCH3 is 1. The van der Waals surface area contributed by atoms with Crippen molar-refractivity contribution in [3.63, 3.8) is 0 Å². The maximum atomic E-state index is 14.1. The van der Waals surface area contributed by atoms with Gasteiger partial charge in [-0.2, -0.15) is 0 Å². The number of piperidine rings is 1. The molecular weight excluding hydrogens is 255 g/mol. The molecule has 0 radical (unpaired) electrons. The number of hydrogen-bond donors (Lipinski definition) is 1. The van der Waals surface area contributed by atoms with Gasteiger partial charge in [0.05, 0.1) is 5.60 Å². The highest BCUT2D eigenvalue weighted by molar-refractivity contribution is 5.55. The first-order valence-corrected chi connectivity index (χ1v) is 7.38. The van der Waals surface area contributed by atoms with Gasteiger partial charge in [-0.05, 0) is 38.4 Å². The van der Waals surface area contributed by atoms with Crippen LogP contribution in [-0.2, 0) is 11.3 Å². The van der Waals surface area contributed by atoms with Gasteiger partial charge < -0.3 is 15.0 Å². The van der Waals surface area contributed by atoms with Crippen LogP contribution in [0.3, 0.4) is 0 Å². The summed E-state index contributed by atoms with van der Waals surface area (Å²) in [6.07, 6.45) is 2.12. The van der Waals surface area contributed by atoms with Crippen molar-refractivity contribution in [1.82, 2.24) is 5.32 Å². The molecule has 1 aliphatic rings. The lowest BCUT2D eigenvalue weighted by Crippen LogP contribution is -2.47. The molecule has 2 rings (SSSR count). The molecule has 3 nitrogen and oxygen atoms in total. The number of rotatable bonds is 5.